The minimum atomic E-state index is -0.303. The fraction of sp³-hybridized carbons (Fsp3) is 0.194. The molecule has 0 unspecified atom stereocenters. The summed E-state index contributed by atoms with van der Waals surface area (Å²) in [6.45, 7) is 2.34. The maximum absolute atomic E-state index is 13.8. The lowest BCUT2D eigenvalue weighted by Crippen LogP contribution is -2.29. The van der Waals surface area contributed by atoms with Gasteiger partial charge in [0.1, 0.15) is 0 Å². The zero-order valence-corrected chi connectivity index (χ0v) is 19.6. The van der Waals surface area contributed by atoms with Crippen LogP contribution in [0.1, 0.15) is 48.4 Å². The highest BCUT2D eigenvalue weighted by atomic mass is 16.5. The van der Waals surface area contributed by atoms with E-state index in [0.717, 1.165) is 45.2 Å². The molecule has 0 radical (unpaired) electrons. The molecule has 6 rings (SSSR count). The summed E-state index contributed by atoms with van der Waals surface area (Å²) >= 11 is 0. The lowest BCUT2D eigenvalue weighted by atomic mass is 9.71. The van der Waals surface area contributed by atoms with Gasteiger partial charge in [0.05, 0.1) is 12.6 Å². The number of fused-ring (bicyclic) bond motifs is 4. The quantitative estimate of drug-likeness (QED) is 0.343. The van der Waals surface area contributed by atoms with E-state index < -0.39 is 0 Å². The lowest BCUT2D eigenvalue weighted by molar-refractivity contribution is -0.116. The van der Waals surface area contributed by atoms with Crippen molar-refractivity contribution < 1.29 is 14.6 Å². The van der Waals surface area contributed by atoms with E-state index in [0.29, 0.717) is 18.8 Å². The Hall–Kier alpha value is -4.05. The number of benzene rings is 4. The van der Waals surface area contributed by atoms with Crippen LogP contribution >= 0.6 is 0 Å². The first-order valence-electron chi connectivity index (χ1n) is 12.2. The van der Waals surface area contributed by atoms with Gasteiger partial charge >= 0.3 is 0 Å². The van der Waals surface area contributed by atoms with Crippen LogP contribution in [0.4, 0.5) is 5.69 Å². The first-order valence-corrected chi connectivity index (χ1v) is 12.2. The van der Waals surface area contributed by atoms with Crippen LogP contribution in [0, 0.1) is 0 Å². The van der Waals surface area contributed by atoms with Gasteiger partial charge in [-0.2, -0.15) is 0 Å². The van der Waals surface area contributed by atoms with Gasteiger partial charge in [-0.05, 0) is 64.9 Å². The molecule has 0 amide bonds. The number of Topliss-reactive ketones (excluding diaryl/α,β-unsaturated/α-hetero) is 1. The molecule has 1 aliphatic heterocycles. The van der Waals surface area contributed by atoms with Crippen LogP contribution in [0.3, 0.4) is 0 Å². The van der Waals surface area contributed by atoms with Gasteiger partial charge in [0, 0.05) is 23.2 Å². The van der Waals surface area contributed by atoms with Crippen LogP contribution in [0.25, 0.3) is 16.3 Å². The van der Waals surface area contributed by atoms with E-state index in [4.69, 9.17) is 4.74 Å². The van der Waals surface area contributed by atoms with E-state index in [2.05, 4.69) is 47.8 Å². The first-order chi connectivity index (χ1) is 17.1. The zero-order chi connectivity index (χ0) is 23.9. The highest BCUT2D eigenvalue weighted by molar-refractivity contribution is 6.13. The molecule has 0 saturated heterocycles. The van der Waals surface area contributed by atoms with Crippen molar-refractivity contribution in [3.05, 3.63) is 107 Å². The Bertz CT molecular complexity index is 1470. The number of ketones is 1. The Morgan fingerprint density at radius 2 is 1.71 bits per heavy atom. The standard InChI is InChI=1S/C31H27NO3/c1-2-35-28-18-21(13-15-26(28)33)31-30-24(16-22(17-27(30)34)19-8-4-3-5-9-19)29-23-11-7-6-10-20(23)12-14-25(29)32-31/h3-15,18,22,31-33H,2,16-17H2,1H3/t22-,31+/m0/s1. The number of aromatic hydroxyl groups is 1. The number of nitrogens with one attached hydrogen (secondary N) is 1. The number of hydrogen-bond donors (Lipinski definition) is 2. The number of carbonyl (C=O) groups is 1. The summed E-state index contributed by atoms with van der Waals surface area (Å²) in [5, 5.41) is 16.2. The third kappa shape index (κ3) is 3.66. The van der Waals surface area contributed by atoms with Crippen molar-refractivity contribution in [3.63, 3.8) is 0 Å². The Morgan fingerprint density at radius 3 is 2.54 bits per heavy atom. The molecule has 0 fully saturated rings. The van der Waals surface area contributed by atoms with Crippen LogP contribution in [0.5, 0.6) is 11.5 Å². The van der Waals surface area contributed by atoms with E-state index in [1.807, 2.05) is 43.3 Å². The van der Waals surface area contributed by atoms with Crippen molar-refractivity contribution in [1.82, 2.24) is 0 Å². The normalized spacial score (nSPS) is 19.2. The van der Waals surface area contributed by atoms with Crippen LogP contribution in [-0.2, 0) is 4.79 Å². The van der Waals surface area contributed by atoms with Crippen LogP contribution in [0.2, 0.25) is 0 Å². The van der Waals surface area contributed by atoms with E-state index in [-0.39, 0.29) is 23.5 Å². The smallest absolute Gasteiger partial charge is 0.162 e. The number of phenols is 1. The molecule has 2 atom stereocenters. The van der Waals surface area contributed by atoms with Crippen molar-refractivity contribution in [3.8, 4) is 11.5 Å². The fourth-order valence-electron chi connectivity index (χ4n) is 5.64. The summed E-state index contributed by atoms with van der Waals surface area (Å²) in [5.41, 5.74) is 6.22. The molecule has 0 saturated carbocycles. The number of hydrogen-bond acceptors (Lipinski definition) is 4. The van der Waals surface area contributed by atoms with Crippen molar-refractivity contribution in [2.24, 2.45) is 0 Å². The maximum Gasteiger partial charge on any atom is 0.162 e. The zero-order valence-electron chi connectivity index (χ0n) is 19.6. The largest absolute Gasteiger partial charge is 0.504 e. The molecule has 2 N–H and O–H groups in total. The van der Waals surface area contributed by atoms with Gasteiger partial charge < -0.3 is 15.2 Å². The first kappa shape index (κ1) is 21.5. The van der Waals surface area contributed by atoms with Crippen molar-refractivity contribution in [2.75, 3.05) is 11.9 Å². The van der Waals surface area contributed by atoms with Crippen molar-refractivity contribution in [2.45, 2.75) is 31.7 Å². The molecular formula is C31H27NO3. The third-order valence-corrected chi connectivity index (χ3v) is 7.22. The molecule has 2 aliphatic rings. The van der Waals surface area contributed by atoms with Gasteiger partial charge in [0.2, 0.25) is 0 Å². The third-order valence-electron chi connectivity index (χ3n) is 7.22. The molecule has 0 spiro atoms. The lowest BCUT2D eigenvalue weighted by Gasteiger charge is -2.37. The molecule has 4 aromatic carbocycles. The van der Waals surface area contributed by atoms with Gasteiger partial charge in [0.25, 0.3) is 0 Å². The van der Waals surface area contributed by atoms with E-state index in [1.54, 1.807) is 6.07 Å². The van der Waals surface area contributed by atoms with E-state index >= 15 is 0 Å². The van der Waals surface area contributed by atoms with Crippen molar-refractivity contribution >= 4 is 27.8 Å². The molecule has 1 aliphatic carbocycles. The summed E-state index contributed by atoms with van der Waals surface area (Å²) in [7, 11) is 0. The van der Waals surface area contributed by atoms with Gasteiger partial charge in [-0.15, -0.1) is 0 Å². The molecule has 4 heteroatoms. The summed E-state index contributed by atoms with van der Waals surface area (Å²) in [5.74, 6) is 0.851. The van der Waals surface area contributed by atoms with Crippen LogP contribution in [-0.4, -0.2) is 17.5 Å². The number of carbonyl (C=O) groups excluding carboxylic acids is 1. The molecule has 0 aromatic heterocycles. The molecule has 0 bridgehead atoms. The second-order valence-electron chi connectivity index (χ2n) is 9.28. The monoisotopic (exact) mass is 461 g/mol. The SMILES string of the molecule is CCOc1cc([C@H]2Nc3ccc4ccccc4c3C3=C2C(=O)C[C@@H](c2ccccc2)C3)ccc1O. The number of anilines is 1. The van der Waals surface area contributed by atoms with Crippen LogP contribution in [0.15, 0.2) is 90.5 Å². The average Bonchev–Trinajstić information content (AvgIpc) is 2.89. The van der Waals surface area contributed by atoms with E-state index in [1.165, 1.54) is 5.56 Å². The Kier molecular flexibility index (Phi) is 5.29. The molecule has 35 heavy (non-hydrogen) atoms. The molecular weight excluding hydrogens is 434 g/mol. The second-order valence-corrected chi connectivity index (χ2v) is 9.28. The summed E-state index contributed by atoms with van der Waals surface area (Å²) < 4.78 is 5.65. The topological polar surface area (TPSA) is 58.6 Å². The second kappa shape index (κ2) is 8.62. The van der Waals surface area contributed by atoms with Crippen molar-refractivity contribution in [1.29, 1.82) is 0 Å². The number of ether oxygens (including phenoxy) is 1. The van der Waals surface area contributed by atoms with Gasteiger partial charge in [0.15, 0.2) is 17.3 Å². The predicted octanol–water partition coefficient (Wildman–Crippen LogP) is 7.01. The summed E-state index contributed by atoms with van der Waals surface area (Å²) in [6, 6.07) is 28.1. The average molecular weight is 462 g/mol. The molecule has 4 nitrogen and oxygen atoms in total. The molecule has 174 valence electrons. The predicted molar refractivity (Wildman–Crippen MR) is 140 cm³/mol. The van der Waals surface area contributed by atoms with Gasteiger partial charge in [-0.25, -0.2) is 0 Å². The Balaban J connectivity index is 1.56. The Labute approximate surface area is 204 Å². The van der Waals surface area contributed by atoms with Crippen LogP contribution < -0.4 is 10.1 Å². The Morgan fingerprint density at radius 1 is 0.914 bits per heavy atom. The summed E-state index contributed by atoms with van der Waals surface area (Å²) in [6.07, 6.45) is 1.29. The highest BCUT2D eigenvalue weighted by Gasteiger charge is 2.38. The van der Waals surface area contributed by atoms with Gasteiger partial charge in [-0.3, -0.25) is 4.79 Å². The van der Waals surface area contributed by atoms with Gasteiger partial charge in [-0.1, -0.05) is 66.7 Å². The number of allylic oxidation sites excluding steroid dienone is 1. The number of phenolic OH excluding ortho intramolecular Hbond substituents is 1. The molecule has 4 aromatic rings. The summed E-state index contributed by atoms with van der Waals surface area (Å²) in [4.78, 5) is 13.8. The minimum Gasteiger partial charge on any atom is -0.504 e. The number of rotatable bonds is 4. The molecule has 1 heterocycles. The maximum atomic E-state index is 13.8. The highest BCUT2D eigenvalue weighted by Crippen LogP contribution is 2.51. The van der Waals surface area contributed by atoms with E-state index in [9.17, 15) is 9.90 Å². The fourth-order valence-corrected chi connectivity index (χ4v) is 5.64. The minimum absolute atomic E-state index is 0.103.